The molecule has 0 unspecified atom stereocenters. The highest BCUT2D eigenvalue weighted by Crippen LogP contribution is 2.29. The summed E-state index contributed by atoms with van der Waals surface area (Å²) in [5, 5.41) is 0. The van der Waals surface area contributed by atoms with Crippen LogP contribution in [-0.2, 0) is 16.4 Å². The molecule has 0 bridgehead atoms. The zero-order chi connectivity index (χ0) is 13.9. The van der Waals surface area contributed by atoms with E-state index in [9.17, 15) is 8.42 Å². The van der Waals surface area contributed by atoms with E-state index in [1.807, 2.05) is 7.05 Å². The predicted octanol–water partition coefficient (Wildman–Crippen LogP) is 1.26. The van der Waals surface area contributed by atoms with E-state index in [1.54, 1.807) is 24.3 Å². The van der Waals surface area contributed by atoms with Gasteiger partial charge in [-0.15, -0.1) is 0 Å². The van der Waals surface area contributed by atoms with E-state index in [0.717, 1.165) is 18.0 Å². The Morgan fingerprint density at radius 2 is 1.89 bits per heavy atom. The summed E-state index contributed by atoms with van der Waals surface area (Å²) in [6.07, 6.45) is 2.58. The quantitative estimate of drug-likeness (QED) is 0.818. The van der Waals surface area contributed by atoms with E-state index >= 15 is 0 Å². The maximum absolute atomic E-state index is 12.2. The molecule has 0 radical (unpaired) electrons. The Bertz CT molecular complexity index is 507. The van der Waals surface area contributed by atoms with E-state index in [1.165, 1.54) is 12.8 Å². The van der Waals surface area contributed by atoms with Crippen LogP contribution >= 0.6 is 0 Å². The van der Waals surface area contributed by atoms with Gasteiger partial charge < -0.3 is 10.6 Å². The van der Waals surface area contributed by atoms with Crippen molar-refractivity contribution < 1.29 is 8.42 Å². The molecule has 106 valence electrons. The fourth-order valence-electron chi connectivity index (χ4n) is 2.06. The Kier molecular flexibility index (Phi) is 4.60. The monoisotopic (exact) mass is 282 g/mol. The summed E-state index contributed by atoms with van der Waals surface area (Å²) >= 11 is 0. The first-order valence-electron chi connectivity index (χ1n) is 6.71. The summed E-state index contributed by atoms with van der Waals surface area (Å²) in [6, 6.07) is 6.86. The van der Waals surface area contributed by atoms with Crippen molar-refractivity contribution in [3.63, 3.8) is 0 Å². The molecular formula is C14H22N2O2S. The molecule has 19 heavy (non-hydrogen) atoms. The van der Waals surface area contributed by atoms with E-state index in [2.05, 4.69) is 4.90 Å². The van der Waals surface area contributed by atoms with Crippen LogP contribution in [0, 0.1) is 5.92 Å². The second-order valence-electron chi connectivity index (χ2n) is 5.37. The predicted molar refractivity (Wildman–Crippen MR) is 76.6 cm³/mol. The minimum Gasteiger partial charge on any atom is -0.326 e. The number of nitrogens with two attached hydrogens (primary N) is 1. The van der Waals surface area contributed by atoms with Gasteiger partial charge in [-0.2, -0.15) is 0 Å². The van der Waals surface area contributed by atoms with Crippen LogP contribution < -0.4 is 5.73 Å². The Hall–Kier alpha value is -0.910. The Morgan fingerprint density at radius 1 is 1.26 bits per heavy atom. The molecule has 5 heteroatoms. The zero-order valence-corrected chi connectivity index (χ0v) is 12.2. The van der Waals surface area contributed by atoms with Gasteiger partial charge in [0.05, 0.1) is 10.6 Å². The van der Waals surface area contributed by atoms with Gasteiger partial charge in [-0.05, 0) is 43.5 Å². The minimum absolute atomic E-state index is 0.179. The van der Waals surface area contributed by atoms with E-state index in [-0.39, 0.29) is 5.75 Å². The summed E-state index contributed by atoms with van der Waals surface area (Å²) < 4.78 is 24.4. The van der Waals surface area contributed by atoms with Gasteiger partial charge in [0.25, 0.3) is 0 Å². The first-order valence-corrected chi connectivity index (χ1v) is 8.37. The Labute approximate surface area is 115 Å². The van der Waals surface area contributed by atoms with Crippen molar-refractivity contribution in [2.24, 2.45) is 11.7 Å². The summed E-state index contributed by atoms with van der Waals surface area (Å²) in [7, 11) is -1.19. The summed E-state index contributed by atoms with van der Waals surface area (Å²) in [4.78, 5) is 2.51. The molecule has 1 aromatic rings. The Balaban J connectivity index is 1.92. The second-order valence-corrected chi connectivity index (χ2v) is 7.48. The van der Waals surface area contributed by atoms with Crippen LogP contribution in [-0.4, -0.2) is 39.2 Å². The van der Waals surface area contributed by atoms with Gasteiger partial charge in [0, 0.05) is 19.6 Å². The highest BCUT2D eigenvalue weighted by molar-refractivity contribution is 7.91. The number of rotatable bonds is 7. The first kappa shape index (κ1) is 14.5. The molecule has 0 spiro atoms. The molecule has 0 aliphatic heterocycles. The van der Waals surface area contributed by atoms with Gasteiger partial charge in [0.15, 0.2) is 9.84 Å². The van der Waals surface area contributed by atoms with Crippen LogP contribution in [0.5, 0.6) is 0 Å². The molecule has 1 aliphatic carbocycles. The molecule has 1 aromatic carbocycles. The van der Waals surface area contributed by atoms with Crippen molar-refractivity contribution in [2.45, 2.75) is 24.3 Å². The van der Waals surface area contributed by atoms with Crippen LogP contribution in [0.15, 0.2) is 29.2 Å². The van der Waals surface area contributed by atoms with E-state index in [0.29, 0.717) is 18.0 Å². The van der Waals surface area contributed by atoms with Gasteiger partial charge in [-0.3, -0.25) is 0 Å². The lowest BCUT2D eigenvalue weighted by Crippen LogP contribution is -2.27. The number of benzene rings is 1. The first-order chi connectivity index (χ1) is 9.01. The molecule has 0 saturated heterocycles. The zero-order valence-electron chi connectivity index (χ0n) is 11.4. The molecule has 0 atom stereocenters. The van der Waals surface area contributed by atoms with Crippen LogP contribution in [0.25, 0.3) is 0 Å². The summed E-state index contributed by atoms with van der Waals surface area (Å²) in [5.41, 5.74) is 6.45. The van der Waals surface area contributed by atoms with Crippen LogP contribution in [0.2, 0.25) is 0 Å². The number of hydrogen-bond donors (Lipinski definition) is 1. The fourth-order valence-corrected chi connectivity index (χ4v) is 3.40. The molecular weight excluding hydrogens is 260 g/mol. The topological polar surface area (TPSA) is 63.4 Å². The SMILES string of the molecule is CN(CCS(=O)(=O)c1ccc(CN)cc1)CC1CC1. The lowest BCUT2D eigenvalue weighted by Gasteiger charge is -2.16. The maximum atomic E-state index is 12.2. The van der Waals surface area contributed by atoms with Crippen LogP contribution in [0.3, 0.4) is 0 Å². The molecule has 1 fully saturated rings. The molecule has 0 aromatic heterocycles. The third-order valence-electron chi connectivity index (χ3n) is 3.53. The van der Waals surface area contributed by atoms with Crippen molar-refractivity contribution in [1.29, 1.82) is 0 Å². The molecule has 1 saturated carbocycles. The molecule has 0 heterocycles. The summed E-state index contributed by atoms with van der Waals surface area (Å²) in [6.45, 7) is 2.05. The third kappa shape index (κ3) is 4.30. The van der Waals surface area contributed by atoms with Gasteiger partial charge in [0.2, 0.25) is 0 Å². The lowest BCUT2D eigenvalue weighted by atomic mass is 10.2. The largest absolute Gasteiger partial charge is 0.326 e. The van der Waals surface area contributed by atoms with Crippen molar-refractivity contribution in [3.05, 3.63) is 29.8 Å². The van der Waals surface area contributed by atoms with Gasteiger partial charge in [0.1, 0.15) is 0 Å². The standard InChI is InChI=1S/C14H22N2O2S/c1-16(11-13-2-3-13)8-9-19(17,18)14-6-4-12(10-15)5-7-14/h4-7,13H,2-3,8-11,15H2,1H3. The van der Waals surface area contributed by atoms with E-state index < -0.39 is 9.84 Å². The van der Waals surface area contributed by atoms with Gasteiger partial charge in [-0.1, -0.05) is 12.1 Å². The maximum Gasteiger partial charge on any atom is 0.179 e. The lowest BCUT2D eigenvalue weighted by molar-refractivity contribution is 0.338. The molecule has 2 rings (SSSR count). The fraction of sp³-hybridized carbons (Fsp3) is 0.571. The summed E-state index contributed by atoms with van der Waals surface area (Å²) in [5.74, 6) is 0.967. The number of sulfone groups is 1. The third-order valence-corrected chi connectivity index (χ3v) is 5.24. The molecule has 2 N–H and O–H groups in total. The highest BCUT2D eigenvalue weighted by Gasteiger charge is 2.23. The average molecular weight is 282 g/mol. The highest BCUT2D eigenvalue weighted by atomic mass is 32.2. The van der Waals surface area contributed by atoms with Crippen molar-refractivity contribution in [3.8, 4) is 0 Å². The molecule has 4 nitrogen and oxygen atoms in total. The minimum atomic E-state index is -3.18. The van der Waals surface area contributed by atoms with Crippen molar-refractivity contribution in [1.82, 2.24) is 4.90 Å². The Morgan fingerprint density at radius 3 is 2.42 bits per heavy atom. The van der Waals surface area contributed by atoms with Gasteiger partial charge in [-0.25, -0.2) is 8.42 Å². The number of hydrogen-bond acceptors (Lipinski definition) is 4. The average Bonchev–Trinajstić information content (AvgIpc) is 3.20. The molecule has 0 amide bonds. The second kappa shape index (κ2) is 6.03. The van der Waals surface area contributed by atoms with Crippen LogP contribution in [0.4, 0.5) is 0 Å². The smallest absolute Gasteiger partial charge is 0.179 e. The van der Waals surface area contributed by atoms with Crippen molar-refractivity contribution >= 4 is 9.84 Å². The van der Waals surface area contributed by atoms with Gasteiger partial charge >= 0.3 is 0 Å². The number of nitrogens with zero attached hydrogens (tertiary/aromatic N) is 1. The normalized spacial score (nSPS) is 15.9. The molecule has 1 aliphatic rings. The van der Waals surface area contributed by atoms with Crippen molar-refractivity contribution in [2.75, 3.05) is 25.9 Å². The van der Waals surface area contributed by atoms with Crippen LogP contribution in [0.1, 0.15) is 18.4 Å². The van der Waals surface area contributed by atoms with E-state index in [4.69, 9.17) is 5.73 Å².